The smallest absolute Gasteiger partial charge is 0.222 e. The van der Waals surface area contributed by atoms with Crippen LogP contribution in [0.15, 0.2) is 0 Å². The van der Waals surface area contributed by atoms with Gasteiger partial charge in [-0.3, -0.25) is 9.59 Å². The summed E-state index contributed by atoms with van der Waals surface area (Å²) in [5.41, 5.74) is 0. The summed E-state index contributed by atoms with van der Waals surface area (Å²) >= 11 is 0. The van der Waals surface area contributed by atoms with Gasteiger partial charge in [0.15, 0.2) is 0 Å². The zero-order chi connectivity index (χ0) is 13.4. The second-order valence-corrected chi connectivity index (χ2v) is 4.78. The van der Waals surface area contributed by atoms with Crippen LogP contribution < -0.4 is 10.6 Å². The highest BCUT2D eigenvalue weighted by atomic mass is 16.2. The third-order valence-electron chi connectivity index (χ3n) is 3.35. The van der Waals surface area contributed by atoms with Crippen LogP contribution in [0, 0.1) is 0 Å². The molecule has 1 aliphatic rings. The Morgan fingerprint density at radius 2 is 1.94 bits per heavy atom. The Morgan fingerprint density at radius 3 is 2.50 bits per heavy atom. The Hall–Kier alpha value is -1.10. The first-order chi connectivity index (χ1) is 8.67. The van der Waals surface area contributed by atoms with Crippen LogP contribution in [0.4, 0.5) is 0 Å². The van der Waals surface area contributed by atoms with Crippen LogP contribution in [-0.2, 0) is 9.59 Å². The first kappa shape index (κ1) is 15.0. The third-order valence-corrected chi connectivity index (χ3v) is 3.35. The number of nitrogens with one attached hydrogen (secondary N) is 2. The predicted octanol–water partition coefficient (Wildman–Crippen LogP) is 0.503. The Morgan fingerprint density at radius 1 is 1.28 bits per heavy atom. The molecule has 5 nitrogen and oxygen atoms in total. The van der Waals surface area contributed by atoms with E-state index in [9.17, 15) is 9.59 Å². The molecule has 0 atom stereocenters. The molecule has 0 saturated carbocycles. The largest absolute Gasteiger partial charge is 0.353 e. The fourth-order valence-corrected chi connectivity index (χ4v) is 2.18. The average Bonchev–Trinajstić information content (AvgIpc) is 2.39. The van der Waals surface area contributed by atoms with Crippen LogP contribution in [0.3, 0.4) is 0 Å². The van der Waals surface area contributed by atoms with Gasteiger partial charge >= 0.3 is 0 Å². The number of hydrogen-bond acceptors (Lipinski definition) is 3. The van der Waals surface area contributed by atoms with Gasteiger partial charge in [0.2, 0.25) is 11.8 Å². The molecule has 1 saturated heterocycles. The standard InChI is InChI=1S/C13H25N3O2/c1-3-12(17)15-11-6-9-16(10-7-11)13(18)5-4-8-14-2/h11,14H,3-10H2,1-2H3,(H,15,17). The Labute approximate surface area is 109 Å². The van der Waals surface area contributed by atoms with Crippen LogP contribution >= 0.6 is 0 Å². The highest BCUT2D eigenvalue weighted by molar-refractivity contribution is 5.77. The van der Waals surface area contributed by atoms with E-state index in [0.717, 1.165) is 38.9 Å². The summed E-state index contributed by atoms with van der Waals surface area (Å²) in [6.45, 7) is 4.28. The molecular weight excluding hydrogens is 230 g/mol. The normalized spacial score (nSPS) is 16.7. The second-order valence-electron chi connectivity index (χ2n) is 4.78. The highest BCUT2D eigenvalue weighted by Gasteiger charge is 2.22. The minimum atomic E-state index is 0.105. The summed E-state index contributed by atoms with van der Waals surface area (Å²) in [5, 5.41) is 6.04. The molecule has 0 spiro atoms. The lowest BCUT2D eigenvalue weighted by molar-refractivity contribution is -0.132. The van der Waals surface area contributed by atoms with Gasteiger partial charge in [-0.05, 0) is 32.9 Å². The van der Waals surface area contributed by atoms with E-state index in [1.54, 1.807) is 0 Å². The molecule has 0 bridgehead atoms. The van der Waals surface area contributed by atoms with Crippen molar-refractivity contribution in [1.82, 2.24) is 15.5 Å². The topological polar surface area (TPSA) is 61.4 Å². The number of hydrogen-bond donors (Lipinski definition) is 2. The Bertz CT molecular complexity index is 273. The van der Waals surface area contributed by atoms with E-state index in [4.69, 9.17) is 0 Å². The van der Waals surface area contributed by atoms with E-state index < -0.39 is 0 Å². The summed E-state index contributed by atoms with van der Waals surface area (Å²) < 4.78 is 0. The van der Waals surface area contributed by atoms with Crippen molar-refractivity contribution in [2.24, 2.45) is 0 Å². The molecule has 1 rings (SSSR count). The molecule has 0 aromatic carbocycles. The van der Waals surface area contributed by atoms with Gasteiger partial charge in [0.25, 0.3) is 0 Å². The minimum Gasteiger partial charge on any atom is -0.353 e. The molecular formula is C13H25N3O2. The fourth-order valence-electron chi connectivity index (χ4n) is 2.18. The average molecular weight is 255 g/mol. The first-order valence-corrected chi connectivity index (χ1v) is 6.89. The Kier molecular flexibility index (Phi) is 6.72. The molecule has 2 amide bonds. The molecule has 0 aromatic rings. The predicted molar refractivity (Wildman–Crippen MR) is 71.2 cm³/mol. The maximum Gasteiger partial charge on any atom is 0.222 e. The van der Waals surface area contributed by atoms with Gasteiger partial charge in [-0.2, -0.15) is 0 Å². The number of rotatable bonds is 6. The molecule has 1 heterocycles. The van der Waals surface area contributed by atoms with Crippen molar-refractivity contribution in [3.05, 3.63) is 0 Å². The zero-order valence-corrected chi connectivity index (χ0v) is 11.5. The van der Waals surface area contributed by atoms with Crippen molar-refractivity contribution in [3.63, 3.8) is 0 Å². The lowest BCUT2D eigenvalue weighted by Crippen LogP contribution is -2.46. The van der Waals surface area contributed by atoms with E-state index in [1.807, 2.05) is 18.9 Å². The lowest BCUT2D eigenvalue weighted by Gasteiger charge is -2.32. The van der Waals surface area contributed by atoms with Crippen molar-refractivity contribution < 1.29 is 9.59 Å². The summed E-state index contributed by atoms with van der Waals surface area (Å²) in [5.74, 6) is 0.347. The number of amides is 2. The summed E-state index contributed by atoms with van der Waals surface area (Å²) in [6.07, 6.45) is 3.80. The number of nitrogens with zero attached hydrogens (tertiary/aromatic N) is 1. The molecule has 2 N–H and O–H groups in total. The van der Waals surface area contributed by atoms with E-state index in [0.29, 0.717) is 12.8 Å². The van der Waals surface area contributed by atoms with Gasteiger partial charge in [0, 0.05) is 32.0 Å². The summed E-state index contributed by atoms with van der Waals surface area (Å²) in [7, 11) is 1.90. The second kappa shape index (κ2) is 8.08. The number of piperidine rings is 1. The van der Waals surface area contributed by atoms with Crippen LogP contribution in [0.25, 0.3) is 0 Å². The SMILES string of the molecule is CCC(=O)NC1CCN(C(=O)CCCNC)CC1. The van der Waals surface area contributed by atoms with Crippen LogP contribution in [0.1, 0.15) is 39.0 Å². The zero-order valence-electron chi connectivity index (χ0n) is 11.5. The fraction of sp³-hybridized carbons (Fsp3) is 0.846. The maximum atomic E-state index is 11.9. The molecule has 0 aromatic heterocycles. The van der Waals surface area contributed by atoms with Crippen molar-refractivity contribution in [1.29, 1.82) is 0 Å². The molecule has 5 heteroatoms. The van der Waals surface area contributed by atoms with Crippen LogP contribution in [0.5, 0.6) is 0 Å². The van der Waals surface area contributed by atoms with Crippen molar-refractivity contribution in [2.75, 3.05) is 26.7 Å². The lowest BCUT2D eigenvalue weighted by atomic mass is 10.0. The molecule has 0 aliphatic carbocycles. The summed E-state index contributed by atoms with van der Waals surface area (Å²) in [4.78, 5) is 25.1. The van der Waals surface area contributed by atoms with Gasteiger partial charge in [0.1, 0.15) is 0 Å². The van der Waals surface area contributed by atoms with E-state index in [-0.39, 0.29) is 17.9 Å². The molecule has 0 radical (unpaired) electrons. The third kappa shape index (κ3) is 5.04. The van der Waals surface area contributed by atoms with Crippen LogP contribution in [0.2, 0.25) is 0 Å². The van der Waals surface area contributed by atoms with Crippen molar-refractivity contribution in [2.45, 2.75) is 45.1 Å². The van der Waals surface area contributed by atoms with Gasteiger partial charge in [-0.25, -0.2) is 0 Å². The number of likely N-dealkylation sites (tertiary alicyclic amines) is 1. The van der Waals surface area contributed by atoms with Gasteiger partial charge in [-0.1, -0.05) is 6.92 Å². The van der Waals surface area contributed by atoms with E-state index in [1.165, 1.54) is 0 Å². The van der Waals surface area contributed by atoms with Crippen LogP contribution in [-0.4, -0.2) is 49.4 Å². The maximum absolute atomic E-state index is 11.9. The van der Waals surface area contributed by atoms with E-state index >= 15 is 0 Å². The van der Waals surface area contributed by atoms with Crippen molar-refractivity contribution >= 4 is 11.8 Å². The molecule has 18 heavy (non-hydrogen) atoms. The molecule has 0 unspecified atom stereocenters. The molecule has 1 fully saturated rings. The van der Waals surface area contributed by atoms with Crippen molar-refractivity contribution in [3.8, 4) is 0 Å². The van der Waals surface area contributed by atoms with E-state index in [2.05, 4.69) is 10.6 Å². The number of carbonyl (C=O) groups excluding carboxylic acids is 2. The first-order valence-electron chi connectivity index (χ1n) is 6.89. The molecule has 1 aliphatic heterocycles. The summed E-state index contributed by atoms with van der Waals surface area (Å²) in [6, 6.07) is 0.249. The van der Waals surface area contributed by atoms with Gasteiger partial charge in [0.05, 0.1) is 0 Å². The minimum absolute atomic E-state index is 0.105. The van der Waals surface area contributed by atoms with Gasteiger partial charge in [-0.15, -0.1) is 0 Å². The quantitative estimate of drug-likeness (QED) is 0.680. The number of carbonyl (C=O) groups is 2. The Balaban J connectivity index is 2.22. The van der Waals surface area contributed by atoms with Gasteiger partial charge < -0.3 is 15.5 Å². The molecule has 104 valence electrons. The monoisotopic (exact) mass is 255 g/mol. The highest BCUT2D eigenvalue weighted by Crippen LogP contribution is 2.12.